The third kappa shape index (κ3) is 2.87. The van der Waals surface area contributed by atoms with Crippen LogP contribution in [0.3, 0.4) is 0 Å². The Kier molecular flexibility index (Phi) is 5.61. The van der Waals surface area contributed by atoms with E-state index < -0.39 is 0 Å². The van der Waals surface area contributed by atoms with Gasteiger partial charge in [0.05, 0.1) is 5.56 Å². The zero-order valence-electron chi connectivity index (χ0n) is 9.29. The quantitative estimate of drug-likeness (QED) is 0.734. The summed E-state index contributed by atoms with van der Waals surface area (Å²) >= 11 is 0. The average molecular weight is 194 g/mol. The van der Waals surface area contributed by atoms with Gasteiger partial charge < -0.3 is 5.11 Å². The fourth-order valence-electron chi connectivity index (χ4n) is 1.21. The van der Waals surface area contributed by atoms with Gasteiger partial charge in [0.25, 0.3) is 0 Å². The van der Waals surface area contributed by atoms with E-state index in [0.29, 0.717) is 11.8 Å². The van der Waals surface area contributed by atoms with Crippen molar-refractivity contribution < 1.29 is 9.90 Å². The van der Waals surface area contributed by atoms with Crippen molar-refractivity contribution in [1.82, 2.24) is 0 Å². The maximum absolute atomic E-state index is 10.5. The molecule has 2 heteroatoms. The molecule has 0 bridgehead atoms. The lowest BCUT2D eigenvalue weighted by Crippen LogP contribution is -1.90. The van der Waals surface area contributed by atoms with Crippen molar-refractivity contribution in [3.63, 3.8) is 0 Å². The van der Waals surface area contributed by atoms with Crippen molar-refractivity contribution in [2.45, 2.75) is 34.1 Å². The van der Waals surface area contributed by atoms with Crippen LogP contribution in [0.25, 0.3) is 0 Å². The summed E-state index contributed by atoms with van der Waals surface area (Å²) in [5, 5.41) is 9.37. The van der Waals surface area contributed by atoms with E-state index in [0.717, 1.165) is 17.5 Å². The van der Waals surface area contributed by atoms with Crippen LogP contribution in [-0.4, -0.2) is 11.4 Å². The summed E-state index contributed by atoms with van der Waals surface area (Å²) < 4.78 is 0. The molecule has 0 heterocycles. The monoisotopic (exact) mass is 194 g/mol. The van der Waals surface area contributed by atoms with Crippen molar-refractivity contribution in [1.29, 1.82) is 0 Å². The van der Waals surface area contributed by atoms with Crippen molar-refractivity contribution >= 4 is 6.29 Å². The molecule has 2 nitrogen and oxygen atoms in total. The lowest BCUT2D eigenvalue weighted by Gasteiger charge is -2.04. The molecule has 0 radical (unpaired) electrons. The molecule has 14 heavy (non-hydrogen) atoms. The van der Waals surface area contributed by atoms with E-state index in [9.17, 15) is 9.90 Å². The second kappa shape index (κ2) is 6.19. The van der Waals surface area contributed by atoms with Crippen LogP contribution >= 0.6 is 0 Å². The Balaban J connectivity index is 0.000000791. The van der Waals surface area contributed by atoms with E-state index in [1.807, 2.05) is 33.8 Å². The van der Waals surface area contributed by atoms with Gasteiger partial charge in [0.2, 0.25) is 0 Å². The zero-order chi connectivity index (χ0) is 11.1. The molecular formula is C12H18O2. The Bertz CT molecular complexity index is 280. The third-order valence-electron chi connectivity index (χ3n) is 1.95. The van der Waals surface area contributed by atoms with Gasteiger partial charge in [0.15, 0.2) is 6.29 Å². The van der Waals surface area contributed by atoms with E-state index >= 15 is 0 Å². The number of carbonyl (C=O) groups is 1. The minimum Gasteiger partial charge on any atom is -0.507 e. The predicted octanol–water partition coefficient (Wildman–Crippen LogP) is 3.10. The summed E-state index contributed by atoms with van der Waals surface area (Å²) in [5.41, 5.74) is 2.28. The Labute approximate surface area is 85.6 Å². The van der Waals surface area contributed by atoms with Gasteiger partial charge in [-0.15, -0.1) is 0 Å². The highest BCUT2D eigenvalue weighted by Gasteiger charge is 2.04. The van der Waals surface area contributed by atoms with Crippen LogP contribution in [0, 0.1) is 6.92 Å². The van der Waals surface area contributed by atoms with E-state index in [-0.39, 0.29) is 5.75 Å². The van der Waals surface area contributed by atoms with Crippen LogP contribution in [0.1, 0.15) is 42.3 Å². The van der Waals surface area contributed by atoms with Crippen LogP contribution in [0.4, 0.5) is 0 Å². The van der Waals surface area contributed by atoms with Gasteiger partial charge in [-0.1, -0.05) is 26.8 Å². The van der Waals surface area contributed by atoms with Crippen LogP contribution in [0.15, 0.2) is 12.1 Å². The molecule has 0 aliphatic rings. The Morgan fingerprint density at radius 3 is 2.29 bits per heavy atom. The maximum Gasteiger partial charge on any atom is 0.154 e. The standard InChI is InChI=1S/C10H12O2.C2H6/c1-3-8-4-7(2)9(6-11)10(12)5-8;1-2/h4-6,12H,3H2,1-2H3;1-2H3. The number of aromatic hydroxyl groups is 1. The predicted molar refractivity (Wildman–Crippen MR) is 59.0 cm³/mol. The minimum absolute atomic E-state index is 0.0850. The first-order valence-electron chi connectivity index (χ1n) is 4.96. The molecule has 0 aliphatic heterocycles. The molecule has 0 saturated carbocycles. The fourth-order valence-corrected chi connectivity index (χ4v) is 1.21. The molecule has 0 spiro atoms. The number of benzene rings is 1. The Morgan fingerprint density at radius 1 is 1.36 bits per heavy atom. The molecule has 0 atom stereocenters. The van der Waals surface area contributed by atoms with Gasteiger partial charge in [0, 0.05) is 0 Å². The number of hydrogen-bond donors (Lipinski definition) is 1. The maximum atomic E-state index is 10.5. The SMILES string of the molecule is CC.CCc1cc(C)c(C=O)c(O)c1. The number of aldehydes is 1. The zero-order valence-corrected chi connectivity index (χ0v) is 9.29. The highest BCUT2D eigenvalue weighted by molar-refractivity contribution is 5.81. The average Bonchev–Trinajstić information content (AvgIpc) is 2.20. The number of hydrogen-bond acceptors (Lipinski definition) is 2. The van der Waals surface area contributed by atoms with Gasteiger partial charge in [-0.25, -0.2) is 0 Å². The summed E-state index contributed by atoms with van der Waals surface area (Å²) in [4.78, 5) is 10.5. The highest BCUT2D eigenvalue weighted by Crippen LogP contribution is 2.21. The lowest BCUT2D eigenvalue weighted by molar-refractivity contribution is 0.112. The van der Waals surface area contributed by atoms with Crippen molar-refractivity contribution in [3.8, 4) is 5.75 Å². The van der Waals surface area contributed by atoms with Crippen LogP contribution < -0.4 is 0 Å². The van der Waals surface area contributed by atoms with Crippen molar-refractivity contribution in [2.75, 3.05) is 0 Å². The number of phenolic OH excluding ortho intramolecular Hbond substituents is 1. The van der Waals surface area contributed by atoms with E-state index in [2.05, 4.69) is 0 Å². The summed E-state index contributed by atoms with van der Waals surface area (Å²) in [6, 6.07) is 3.56. The smallest absolute Gasteiger partial charge is 0.154 e. The molecule has 0 saturated heterocycles. The minimum atomic E-state index is 0.0850. The number of aryl methyl sites for hydroxylation is 2. The molecular weight excluding hydrogens is 176 g/mol. The van der Waals surface area contributed by atoms with E-state index in [4.69, 9.17) is 0 Å². The molecule has 78 valence electrons. The van der Waals surface area contributed by atoms with Gasteiger partial charge in [-0.3, -0.25) is 4.79 Å². The normalized spacial score (nSPS) is 8.86. The molecule has 0 aromatic heterocycles. The Hall–Kier alpha value is -1.31. The molecule has 0 fully saturated rings. The lowest BCUT2D eigenvalue weighted by atomic mass is 10.0. The van der Waals surface area contributed by atoms with Gasteiger partial charge in [-0.2, -0.15) is 0 Å². The fraction of sp³-hybridized carbons (Fsp3) is 0.417. The van der Waals surface area contributed by atoms with Crippen LogP contribution in [0.5, 0.6) is 5.75 Å². The first-order chi connectivity index (χ1) is 6.69. The van der Waals surface area contributed by atoms with Gasteiger partial charge >= 0.3 is 0 Å². The summed E-state index contributed by atoms with van der Waals surface area (Å²) in [6.45, 7) is 7.83. The number of carbonyl (C=O) groups excluding carboxylic acids is 1. The van der Waals surface area contributed by atoms with Crippen LogP contribution in [0.2, 0.25) is 0 Å². The topological polar surface area (TPSA) is 37.3 Å². The molecule has 0 unspecified atom stereocenters. The van der Waals surface area contributed by atoms with Gasteiger partial charge in [-0.05, 0) is 30.5 Å². The van der Waals surface area contributed by atoms with Gasteiger partial charge in [0.1, 0.15) is 5.75 Å². The molecule has 0 aliphatic carbocycles. The number of rotatable bonds is 2. The summed E-state index contributed by atoms with van der Waals surface area (Å²) in [7, 11) is 0. The highest BCUT2D eigenvalue weighted by atomic mass is 16.3. The molecule has 1 rings (SSSR count). The largest absolute Gasteiger partial charge is 0.507 e. The Morgan fingerprint density at radius 2 is 1.93 bits per heavy atom. The van der Waals surface area contributed by atoms with Crippen molar-refractivity contribution in [3.05, 3.63) is 28.8 Å². The molecule has 1 N–H and O–H groups in total. The summed E-state index contributed by atoms with van der Waals surface area (Å²) in [5.74, 6) is 0.0850. The molecule has 1 aromatic carbocycles. The van der Waals surface area contributed by atoms with Crippen molar-refractivity contribution in [2.24, 2.45) is 0 Å². The molecule has 0 amide bonds. The third-order valence-corrected chi connectivity index (χ3v) is 1.95. The first kappa shape index (κ1) is 12.7. The number of phenols is 1. The van der Waals surface area contributed by atoms with E-state index in [1.54, 1.807) is 6.07 Å². The second-order valence-electron chi connectivity index (χ2n) is 2.82. The van der Waals surface area contributed by atoms with Crippen LogP contribution in [-0.2, 0) is 6.42 Å². The van der Waals surface area contributed by atoms with E-state index in [1.165, 1.54) is 0 Å². The molecule has 1 aromatic rings. The second-order valence-corrected chi connectivity index (χ2v) is 2.82. The summed E-state index contributed by atoms with van der Waals surface area (Å²) in [6.07, 6.45) is 1.55. The first-order valence-corrected chi connectivity index (χ1v) is 4.96.